The fourth-order valence-corrected chi connectivity index (χ4v) is 5.58. The number of aliphatic hydroxyl groups is 1. The molecule has 0 unspecified atom stereocenters. The highest BCUT2D eigenvalue weighted by Crippen LogP contribution is 2.42. The van der Waals surface area contributed by atoms with E-state index in [1.165, 1.54) is 0 Å². The number of hydrogen-bond acceptors (Lipinski definition) is 3. The maximum absolute atomic E-state index is 13.2. The van der Waals surface area contributed by atoms with E-state index in [-0.39, 0.29) is 11.4 Å². The number of carbonyl (C=O) groups excluding carboxylic acids is 1. The Labute approximate surface area is 192 Å². The zero-order chi connectivity index (χ0) is 24.2. The van der Waals surface area contributed by atoms with Gasteiger partial charge in [0.25, 0.3) is 5.91 Å². The Morgan fingerprint density at radius 1 is 1.06 bits per heavy atom. The van der Waals surface area contributed by atoms with Crippen molar-refractivity contribution in [2.75, 3.05) is 26.7 Å². The highest BCUT2D eigenvalue weighted by Gasteiger charge is 2.45. The van der Waals surface area contributed by atoms with Crippen LogP contribution in [0.5, 0.6) is 0 Å². The highest BCUT2D eigenvalue weighted by atomic mass is 19.4. The number of halogens is 3. The van der Waals surface area contributed by atoms with Gasteiger partial charge in [0.2, 0.25) is 0 Å². The number of aromatic nitrogens is 1. The molecule has 5 nitrogen and oxygen atoms in total. The van der Waals surface area contributed by atoms with Crippen LogP contribution in [-0.4, -0.2) is 58.2 Å². The molecule has 33 heavy (non-hydrogen) atoms. The van der Waals surface area contributed by atoms with Gasteiger partial charge in [0.05, 0.1) is 17.6 Å². The molecule has 2 aromatic rings. The van der Waals surface area contributed by atoms with E-state index in [9.17, 15) is 23.1 Å². The van der Waals surface area contributed by atoms with E-state index in [2.05, 4.69) is 4.90 Å². The Morgan fingerprint density at radius 2 is 1.73 bits per heavy atom. The molecule has 2 aliphatic rings. The number of rotatable bonds is 3. The lowest BCUT2D eigenvalue weighted by atomic mass is 9.81. The number of likely N-dealkylation sites (tertiary alicyclic amines) is 1. The third-order valence-electron chi connectivity index (χ3n) is 7.33. The lowest BCUT2D eigenvalue weighted by Crippen LogP contribution is -2.56. The molecule has 1 saturated heterocycles. The molecular formula is C25H32F3N3O2. The predicted molar refractivity (Wildman–Crippen MR) is 120 cm³/mol. The van der Waals surface area contributed by atoms with Crippen LogP contribution in [0.4, 0.5) is 13.2 Å². The zero-order valence-electron chi connectivity index (χ0n) is 19.7. The first kappa shape index (κ1) is 23.8. The van der Waals surface area contributed by atoms with Gasteiger partial charge in [0.1, 0.15) is 0 Å². The lowest BCUT2D eigenvalue weighted by Gasteiger charge is -2.50. The molecule has 1 fully saturated rings. The number of hydrogen-bond donors (Lipinski definition) is 1. The third-order valence-corrected chi connectivity index (χ3v) is 7.33. The molecule has 0 saturated carbocycles. The number of alkyl halides is 3. The fourth-order valence-electron chi connectivity index (χ4n) is 5.58. The monoisotopic (exact) mass is 463 g/mol. The second kappa shape index (κ2) is 8.17. The summed E-state index contributed by atoms with van der Waals surface area (Å²) in [6, 6.07) is 8.83. The van der Waals surface area contributed by atoms with Gasteiger partial charge >= 0.3 is 6.18 Å². The SMILES string of the molecule is Cc1cc(C(=O)N2CCC3(CC2)c2ccc(CC(F)(F)F)n2CCN3C)ccc1C(C)(C)O. The molecule has 180 valence electrons. The van der Waals surface area contributed by atoms with Gasteiger partial charge in [-0.25, -0.2) is 0 Å². The molecule has 8 heteroatoms. The third kappa shape index (κ3) is 4.43. The van der Waals surface area contributed by atoms with Crippen LogP contribution in [0.1, 0.15) is 59.6 Å². The van der Waals surface area contributed by atoms with Crippen molar-refractivity contribution in [3.05, 3.63) is 58.4 Å². The molecule has 1 N–H and O–H groups in total. The van der Waals surface area contributed by atoms with Crippen LogP contribution >= 0.6 is 0 Å². The van der Waals surface area contributed by atoms with Crippen molar-refractivity contribution in [3.63, 3.8) is 0 Å². The standard InChI is InChI=1S/C25H32F3N3O2/c1-17-15-18(5-7-20(17)23(2,3)33)22(32)30-11-9-24(10-12-30)21-8-6-19(16-25(26,27)28)31(21)14-13-29(24)4/h5-8,15,33H,9-14,16H2,1-4H3. The summed E-state index contributed by atoms with van der Waals surface area (Å²) in [6.45, 7) is 7.62. The smallest absolute Gasteiger partial charge is 0.386 e. The quantitative estimate of drug-likeness (QED) is 0.742. The van der Waals surface area contributed by atoms with Crippen molar-refractivity contribution >= 4 is 5.91 Å². The summed E-state index contributed by atoms with van der Waals surface area (Å²) in [5, 5.41) is 10.3. The van der Waals surface area contributed by atoms with E-state index in [0.29, 0.717) is 50.3 Å². The number of amides is 1. The first-order valence-electron chi connectivity index (χ1n) is 11.4. The molecule has 0 atom stereocenters. The average molecular weight is 464 g/mol. The van der Waals surface area contributed by atoms with Gasteiger partial charge in [-0.2, -0.15) is 13.2 Å². The molecule has 2 aliphatic heterocycles. The molecule has 3 heterocycles. The second-order valence-electron chi connectivity index (χ2n) is 9.99. The first-order chi connectivity index (χ1) is 15.3. The van der Waals surface area contributed by atoms with Gasteiger partial charge in [-0.15, -0.1) is 0 Å². The highest BCUT2D eigenvalue weighted by molar-refractivity contribution is 5.94. The van der Waals surface area contributed by atoms with Crippen molar-refractivity contribution in [1.29, 1.82) is 0 Å². The van der Waals surface area contributed by atoms with Crippen LogP contribution in [0.3, 0.4) is 0 Å². The van der Waals surface area contributed by atoms with Crippen LogP contribution in [0.2, 0.25) is 0 Å². The summed E-state index contributed by atoms with van der Waals surface area (Å²) >= 11 is 0. The molecule has 1 aromatic carbocycles. The normalized spacial score (nSPS) is 19.1. The molecular weight excluding hydrogens is 431 g/mol. The topological polar surface area (TPSA) is 48.7 Å². The van der Waals surface area contributed by atoms with Gasteiger partial charge in [-0.1, -0.05) is 6.07 Å². The molecule has 4 rings (SSSR count). The van der Waals surface area contributed by atoms with Crippen LogP contribution in [0.25, 0.3) is 0 Å². The summed E-state index contributed by atoms with van der Waals surface area (Å²) in [4.78, 5) is 17.3. The Bertz CT molecular complexity index is 1040. The van der Waals surface area contributed by atoms with E-state index in [4.69, 9.17) is 0 Å². The van der Waals surface area contributed by atoms with Crippen LogP contribution < -0.4 is 0 Å². The molecule has 0 radical (unpaired) electrons. The van der Waals surface area contributed by atoms with E-state index >= 15 is 0 Å². The van der Waals surface area contributed by atoms with E-state index in [0.717, 1.165) is 16.8 Å². The largest absolute Gasteiger partial charge is 0.394 e. The van der Waals surface area contributed by atoms with Gasteiger partial charge in [-0.05, 0) is 76.1 Å². The first-order valence-corrected chi connectivity index (χ1v) is 11.4. The zero-order valence-corrected chi connectivity index (χ0v) is 19.7. The van der Waals surface area contributed by atoms with Crippen LogP contribution in [-0.2, 0) is 24.1 Å². The Balaban J connectivity index is 1.53. The van der Waals surface area contributed by atoms with Crippen molar-refractivity contribution < 1.29 is 23.1 Å². The van der Waals surface area contributed by atoms with E-state index < -0.39 is 18.2 Å². The summed E-state index contributed by atoms with van der Waals surface area (Å²) in [7, 11) is 2.02. The predicted octanol–water partition coefficient (Wildman–Crippen LogP) is 4.21. The molecule has 1 aromatic heterocycles. The Hall–Kier alpha value is -2.32. The second-order valence-corrected chi connectivity index (χ2v) is 9.99. The average Bonchev–Trinajstić information content (AvgIpc) is 3.12. The number of carbonyl (C=O) groups is 1. The van der Waals surface area contributed by atoms with Crippen molar-refractivity contribution in [2.45, 2.75) is 63.9 Å². The summed E-state index contributed by atoms with van der Waals surface area (Å²) < 4.78 is 40.9. The summed E-state index contributed by atoms with van der Waals surface area (Å²) in [6.07, 6.45) is -3.81. The van der Waals surface area contributed by atoms with Crippen LogP contribution in [0.15, 0.2) is 30.3 Å². The number of benzene rings is 1. The molecule has 0 aliphatic carbocycles. The Kier molecular flexibility index (Phi) is 5.90. The molecule has 1 amide bonds. The van der Waals surface area contributed by atoms with Gasteiger partial charge in [-0.3, -0.25) is 9.69 Å². The number of likely N-dealkylation sites (N-methyl/N-ethyl adjacent to an activating group) is 1. The lowest BCUT2D eigenvalue weighted by molar-refractivity contribution is -0.128. The number of aryl methyl sites for hydroxylation is 1. The minimum Gasteiger partial charge on any atom is -0.386 e. The van der Waals surface area contributed by atoms with E-state index in [1.807, 2.05) is 35.6 Å². The molecule has 0 bridgehead atoms. The maximum atomic E-state index is 13.2. The summed E-state index contributed by atoms with van der Waals surface area (Å²) in [5.74, 6) is -0.0538. The van der Waals surface area contributed by atoms with Gasteiger partial charge in [0, 0.05) is 43.1 Å². The van der Waals surface area contributed by atoms with Gasteiger partial charge in [0.15, 0.2) is 0 Å². The fraction of sp³-hybridized carbons (Fsp3) is 0.560. The maximum Gasteiger partial charge on any atom is 0.394 e. The van der Waals surface area contributed by atoms with Crippen molar-refractivity contribution in [2.24, 2.45) is 0 Å². The van der Waals surface area contributed by atoms with E-state index in [1.54, 1.807) is 32.0 Å². The van der Waals surface area contributed by atoms with Crippen LogP contribution in [0, 0.1) is 6.92 Å². The molecule has 1 spiro atoms. The Morgan fingerprint density at radius 3 is 2.30 bits per heavy atom. The minimum atomic E-state index is -4.24. The number of piperidine rings is 1. The van der Waals surface area contributed by atoms with Gasteiger partial charge < -0.3 is 14.6 Å². The van der Waals surface area contributed by atoms with Crippen molar-refractivity contribution in [3.8, 4) is 0 Å². The number of nitrogens with zero attached hydrogens (tertiary/aromatic N) is 3. The number of fused-ring (bicyclic) bond motifs is 2. The minimum absolute atomic E-state index is 0.0538. The van der Waals surface area contributed by atoms with Crippen molar-refractivity contribution in [1.82, 2.24) is 14.4 Å². The summed E-state index contributed by atoms with van der Waals surface area (Å²) in [5.41, 5.74) is 2.14.